The molecule has 0 N–H and O–H groups in total. The third kappa shape index (κ3) is 4.47. The predicted octanol–water partition coefficient (Wildman–Crippen LogP) is 5.52. The molecule has 26 heavy (non-hydrogen) atoms. The summed E-state index contributed by atoms with van der Waals surface area (Å²) in [5.74, 6) is -0.0222. The highest BCUT2D eigenvalue weighted by atomic mass is 79.9. The van der Waals surface area contributed by atoms with Gasteiger partial charge in [0.2, 0.25) is 0 Å². The highest BCUT2D eigenvalue weighted by Gasteiger charge is 2.32. The molecule has 0 aromatic heterocycles. The lowest BCUT2D eigenvalue weighted by Gasteiger charge is -2.36. The van der Waals surface area contributed by atoms with Gasteiger partial charge < -0.3 is 19.3 Å². The molecule has 8 heteroatoms. The first-order valence-electron chi connectivity index (χ1n) is 8.25. The van der Waals surface area contributed by atoms with Crippen LogP contribution in [0, 0.1) is 0 Å². The molecule has 0 saturated carbocycles. The first-order chi connectivity index (χ1) is 12.2. The Kier molecular flexibility index (Phi) is 6.49. The van der Waals surface area contributed by atoms with Gasteiger partial charge in [0.25, 0.3) is 0 Å². The summed E-state index contributed by atoms with van der Waals surface area (Å²) >= 11 is 3.66. The molecule has 4 nitrogen and oxygen atoms in total. The molecular weight excluding hydrogens is 413 g/mol. The van der Waals surface area contributed by atoms with Crippen molar-refractivity contribution in [1.82, 2.24) is 9.80 Å². The van der Waals surface area contributed by atoms with E-state index in [1.807, 2.05) is 24.3 Å². The average molecular weight is 435 g/mol. The van der Waals surface area contributed by atoms with Crippen LogP contribution >= 0.6 is 15.9 Å². The van der Waals surface area contributed by atoms with Gasteiger partial charge in [-0.25, -0.2) is 0 Å². The monoisotopic (exact) mass is 434 g/mol. The summed E-state index contributed by atoms with van der Waals surface area (Å²) in [6.07, 6.45) is 1.07. The van der Waals surface area contributed by atoms with Crippen molar-refractivity contribution in [1.29, 1.82) is 0 Å². The molecule has 1 aromatic rings. The van der Waals surface area contributed by atoms with Crippen molar-refractivity contribution in [2.45, 2.75) is 39.1 Å². The van der Waals surface area contributed by atoms with Crippen molar-refractivity contribution in [2.24, 2.45) is 0 Å². The quantitative estimate of drug-likeness (QED) is 0.550. The van der Waals surface area contributed by atoms with Crippen LogP contribution in [0.25, 0.3) is 5.70 Å². The van der Waals surface area contributed by atoms with E-state index in [1.165, 1.54) is 19.2 Å². The predicted molar refractivity (Wildman–Crippen MR) is 98.6 cm³/mol. The third-order valence-electron chi connectivity index (χ3n) is 4.22. The Morgan fingerprint density at radius 1 is 1.15 bits per heavy atom. The standard InChI is InChI=1S/C18H22BrF3N2O2/c1-5-12(6-2)24-10-9-23(3)16(17(24)19)14-8-7-13(11-15(14)25-4)26-18(20,21)22/h7-12H,5-6H2,1-4H3. The first kappa shape index (κ1) is 20.5. The highest BCUT2D eigenvalue weighted by Crippen LogP contribution is 2.40. The number of halogens is 4. The van der Waals surface area contributed by atoms with Gasteiger partial charge in [-0.15, -0.1) is 13.2 Å². The number of rotatable bonds is 6. The molecule has 0 spiro atoms. The Balaban J connectivity index is 2.48. The molecule has 1 aromatic carbocycles. The third-order valence-corrected chi connectivity index (χ3v) is 5.01. The van der Waals surface area contributed by atoms with Crippen LogP contribution in [0.2, 0.25) is 0 Å². The van der Waals surface area contributed by atoms with Crippen molar-refractivity contribution in [3.63, 3.8) is 0 Å². The molecule has 0 fully saturated rings. The maximum atomic E-state index is 12.5. The largest absolute Gasteiger partial charge is 0.573 e. The minimum absolute atomic E-state index is 0.297. The van der Waals surface area contributed by atoms with Gasteiger partial charge >= 0.3 is 6.36 Å². The molecule has 144 valence electrons. The summed E-state index contributed by atoms with van der Waals surface area (Å²) < 4.78 is 47.6. The number of nitrogens with zero attached hydrogens (tertiary/aromatic N) is 2. The molecule has 0 bridgehead atoms. The van der Waals surface area contributed by atoms with E-state index in [1.54, 1.807) is 6.07 Å². The number of alkyl halides is 3. The number of ether oxygens (including phenoxy) is 2. The second kappa shape index (κ2) is 8.24. The molecule has 0 atom stereocenters. The average Bonchev–Trinajstić information content (AvgIpc) is 2.57. The van der Waals surface area contributed by atoms with Gasteiger partial charge in [0.05, 0.1) is 12.8 Å². The van der Waals surface area contributed by atoms with Crippen LogP contribution in [0.1, 0.15) is 32.3 Å². The van der Waals surface area contributed by atoms with Crippen LogP contribution in [0.5, 0.6) is 11.5 Å². The minimum atomic E-state index is -4.75. The van der Waals surface area contributed by atoms with Crippen LogP contribution in [0.4, 0.5) is 13.2 Å². The molecule has 1 heterocycles. The minimum Gasteiger partial charge on any atom is -0.496 e. The van der Waals surface area contributed by atoms with Gasteiger partial charge in [-0.3, -0.25) is 0 Å². The molecule has 2 rings (SSSR count). The molecular formula is C18H22BrF3N2O2. The van der Waals surface area contributed by atoms with Crippen molar-refractivity contribution in [3.8, 4) is 11.5 Å². The van der Waals surface area contributed by atoms with Crippen LogP contribution in [0.3, 0.4) is 0 Å². The molecule has 0 amide bonds. The van der Waals surface area contributed by atoms with E-state index in [9.17, 15) is 13.2 Å². The number of hydrogen-bond donors (Lipinski definition) is 0. The molecule has 1 aliphatic heterocycles. The Hall–Kier alpha value is -1.83. The fourth-order valence-corrected chi connectivity index (χ4v) is 3.81. The fraction of sp³-hybridized carbons (Fsp3) is 0.444. The maximum Gasteiger partial charge on any atom is 0.573 e. The summed E-state index contributed by atoms with van der Waals surface area (Å²) in [5, 5.41) is 0. The molecule has 0 unspecified atom stereocenters. The van der Waals surface area contributed by atoms with Crippen LogP contribution < -0.4 is 9.47 Å². The van der Waals surface area contributed by atoms with Gasteiger partial charge in [-0.05, 0) is 40.9 Å². The van der Waals surface area contributed by atoms with Gasteiger partial charge in [0, 0.05) is 37.1 Å². The van der Waals surface area contributed by atoms with Gasteiger partial charge in [-0.2, -0.15) is 0 Å². The van der Waals surface area contributed by atoms with E-state index >= 15 is 0 Å². The van der Waals surface area contributed by atoms with Crippen molar-refractivity contribution < 1.29 is 22.6 Å². The van der Waals surface area contributed by atoms with Gasteiger partial charge in [0.1, 0.15) is 16.1 Å². The van der Waals surface area contributed by atoms with Gasteiger partial charge in [0.15, 0.2) is 0 Å². The summed E-state index contributed by atoms with van der Waals surface area (Å²) in [6, 6.07) is 4.40. The number of methoxy groups -OCH3 is 1. The Morgan fingerprint density at radius 2 is 1.81 bits per heavy atom. The lowest BCUT2D eigenvalue weighted by atomic mass is 10.1. The second-order valence-corrected chi connectivity index (χ2v) is 6.59. The zero-order valence-corrected chi connectivity index (χ0v) is 16.7. The second-order valence-electron chi connectivity index (χ2n) is 5.84. The summed E-state index contributed by atoms with van der Waals surface area (Å²) in [4.78, 5) is 4.01. The summed E-state index contributed by atoms with van der Waals surface area (Å²) in [7, 11) is 3.29. The number of hydrogen-bond acceptors (Lipinski definition) is 4. The van der Waals surface area contributed by atoms with E-state index in [-0.39, 0.29) is 5.75 Å². The highest BCUT2D eigenvalue weighted by molar-refractivity contribution is 9.11. The fourth-order valence-electron chi connectivity index (χ4n) is 2.91. The van der Waals surface area contributed by atoms with Gasteiger partial charge in [-0.1, -0.05) is 13.8 Å². The van der Waals surface area contributed by atoms with Crippen LogP contribution in [-0.4, -0.2) is 36.4 Å². The topological polar surface area (TPSA) is 24.9 Å². The van der Waals surface area contributed by atoms with Crippen LogP contribution in [-0.2, 0) is 0 Å². The van der Waals surface area contributed by atoms with Crippen molar-refractivity contribution in [3.05, 3.63) is 40.8 Å². The Morgan fingerprint density at radius 3 is 2.35 bits per heavy atom. The van der Waals surface area contributed by atoms with Crippen molar-refractivity contribution in [2.75, 3.05) is 14.2 Å². The molecule has 0 aliphatic carbocycles. The smallest absolute Gasteiger partial charge is 0.496 e. The number of benzene rings is 1. The van der Waals surface area contributed by atoms with Crippen molar-refractivity contribution >= 4 is 21.6 Å². The van der Waals surface area contributed by atoms with E-state index < -0.39 is 6.36 Å². The summed E-state index contributed by atoms with van der Waals surface area (Å²) in [5.41, 5.74) is 1.46. The van der Waals surface area contributed by atoms with E-state index in [4.69, 9.17) is 4.74 Å². The normalized spacial score (nSPS) is 15.1. The summed E-state index contributed by atoms with van der Waals surface area (Å²) in [6.45, 7) is 4.23. The zero-order valence-electron chi connectivity index (χ0n) is 15.1. The SMILES string of the molecule is CCC(CC)N1C=CN(C)C(c2ccc(OC(F)(F)F)cc2OC)=C1Br. The molecule has 1 aliphatic rings. The maximum absolute atomic E-state index is 12.5. The van der Waals surface area contributed by atoms with Crippen LogP contribution in [0.15, 0.2) is 35.2 Å². The molecule has 0 saturated heterocycles. The zero-order chi connectivity index (χ0) is 19.5. The van der Waals surface area contributed by atoms with E-state index in [0.29, 0.717) is 17.4 Å². The lowest BCUT2D eigenvalue weighted by molar-refractivity contribution is -0.274. The van der Waals surface area contributed by atoms with E-state index in [2.05, 4.69) is 39.4 Å². The Bertz CT molecular complexity index is 700. The molecule has 0 radical (unpaired) electrons. The first-order valence-corrected chi connectivity index (χ1v) is 9.04. The van der Waals surface area contributed by atoms with E-state index in [0.717, 1.165) is 23.1 Å². The lowest BCUT2D eigenvalue weighted by Crippen LogP contribution is -2.32. The Labute approximate surface area is 160 Å².